The first-order chi connectivity index (χ1) is 31.3. The molecule has 0 bridgehead atoms. The minimum atomic E-state index is -2.73. The molecule has 296 valence electrons. The fourth-order valence-corrected chi connectivity index (χ4v) is 15.5. The van der Waals surface area contributed by atoms with Crippen LogP contribution >= 0.6 is 0 Å². The van der Waals surface area contributed by atoms with Crippen molar-refractivity contribution in [2.24, 2.45) is 0 Å². The first kappa shape index (κ1) is 36.8. The summed E-state index contributed by atoms with van der Waals surface area (Å²) in [4.78, 5) is 2.47. The fourth-order valence-electron chi connectivity index (χ4n) is 10.3. The lowest BCUT2D eigenvalue weighted by Gasteiger charge is -2.32. The number of nitrogens with zero attached hydrogens (tertiary/aromatic N) is 2. The lowest BCUT2D eigenvalue weighted by Crippen LogP contribution is -2.72. The van der Waals surface area contributed by atoms with Gasteiger partial charge in [-0.05, 0) is 115 Å². The molecule has 1 aliphatic heterocycles. The minimum Gasteiger partial charge on any atom is -0.310 e. The van der Waals surface area contributed by atoms with Crippen LogP contribution in [0, 0.1) is 0 Å². The van der Waals surface area contributed by atoms with Gasteiger partial charge in [-0.1, -0.05) is 194 Å². The highest BCUT2D eigenvalue weighted by Crippen LogP contribution is 2.42. The van der Waals surface area contributed by atoms with Gasteiger partial charge >= 0.3 is 0 Å². The molecule has 0 atom stereocenters. The molecule has 0 spiro atoms. The maximum Gasteiger partial charge on any atom is 0.180 e. The van der Waals surface area contributed by atoms with E-state index in [1.807, 2.05) is 0 Å². The van der Waals surface area contributed by atoms with Crippen molar-refractivity contribution >= 4 is 67.7 Å². The van der Waals surface area contributed by atoms with Gasteiger partial charge in [0.05, 0.1) is 11.0 Å². The Balaban J connectivity index is 1.07. The summed E-state index contributed by atoms with van der Waals surface area (Å²) in [6.07, 6.45) is 0. The molecular weight excluding hydrogens is 777 g/mol. The Kier molecular flexibility index (Phi) is 8.87. The number of rotatable bonds is 8. The molecule has 0 fully saturated rings. The molecule has 1 aliphatic rings. The fraction of sp³-hybridized carbons (Fsp3) is 0. The zero-order chi connectivity index (χ0) is 41.7. The molecule has 3 heteroatoms. The molecule has 63 heavy (non-hydrogen) atoms. The second-order valence-electron chi connectivity index (χ2n) is 16.5. The van der Waals surface area contributed by atoms with Gasteiger partial charge in [-0.25, -0.2) is 0 Å². The van der Waals surface area contributed by atoms with Crippen LogP contribution in [0.25, 0.3) is 60.9 Å². The highest BCUT2D eigenvalue weighted by molar-refractivity contribution is 7.22. The summed E-state index contributed by atoms with van der Waals surface area (Å²) in [5.74, 6) is 0. The monoisotopic (exact) mass is 818 g/mol. The van der Waals surface area contributed by atoms with Crippen molar-refractivity contribution in [2.45, 2.75) is 0 Å². The Hall–Kier alpha value is -7.98. The predicted molar refractivity (Wildman–Crippen MR) is 269 cm³/mol. The predicted octanol–water partition coefficient (Wildman–Crippen LogP) is 12.9. The van der Waals surface area contributed by atoms with Crippen molar-refractivity contribution in [3.63, 3.8) is 0 Å². The molecule has 12 rings (SSSR count). The van der Waals surface area contributed by atoms with Crippen molar-refractivity contribution in [2.75, 3.05) is 4.90 Å². The van der Waals surface area contributed by atoms with Crippen molar-refractivity contribution in [3.05, 3.63) is 255 Å². The zero-order valence-corrected chi connectivity index (χ0v) is 35.6. The summed E-state index contributed by atoms with van der Waals surface area (Å²) < 4.78 is 2.41. The maximum absolute atomic E-state index is 2.73. The second-order valence-corrected chi connectivity index (χ2v) is 20.2. The Labute approximate surface area is 369 Å². The quantitative estimate of drug-likeness (QED) is 0.139. The van der Waals surface area contributed by atoms with E-state index in [4.69, 9.17) is 0 Å². The summed E-state index contributed by atoms with van der Waals surface area (Å²) in [5.41, 5.74) is 14.3. The summed E-state index contributed by atoms with van der Waals surface area (Å²) in [6.45, 7) is 0. The van der Waals surface area contributed by atoms with E-state index in [0.717, 1.165) is 22.7 Å². The number of aromatic nitrogens is 1. The van der Waals surface area contributed by atoms with E-state index in [1.54, 1.807) is 0 Å². The Morgan fingerprint density at radius 2 is 0.762 bits per heavy atom. The smallest absolute Gasteiger partial charge is 0.180 e. The van der Waals surface area contributed by atoms with Crippen LogP contribution in [0.4, 0.5) is 17.1 Å². The Morgan fingerprint density at radius 3 is 1.41 bits per heavy atom. The minimum absolute atomic E-state index is 1.11. The highest BCUT2D eigenvalue weighted by atomic mass is 28.3. The summed E-state index contributed by atoms with van der Waals surface area (Å²) in [5, 5.41) is 8.09. The number of hydrogen-bond acceptors (Lipinski definition) is 1. The highest BCUT2D eigenvalue weighted by Gasteiger charge is 2.48. The molecule has 0 unspecified atom stereocenters. The van der Waals surface area contributed by atoms with Crippen LogP contribution in [-0.4, -0.2) is 12.6 Å². The zero-order valence-electron chi connectivity index (χ0n) is 34.6. The normalized spacial score (nSPS) is 12.6. The molecule has 10 aromatic carbocycles. The van der Waals surface area contributed by atoms with E-state index in [-0.39, 0.29) is 0 Å². The van der Waals surface area contributed by atoms with Crippen molar-refractivity contribution in [1.29, 1.82) is 0 Å². The van der Waals surface area contributed by atoms with Crippen molar-refractivity contribution in [3.8, 4) is 39.1 Å². The van der Waals surface area contributed by atoms with E-state index >= 15 is 0 Å². The lowest BCUT2D eigenvalue weighted by molar-refractivity contribution is 1.18. The molecule has 0 amide bonds. The summed E-state index contributed by atoms with van der Waals surface area (Å²) in [7, 11) is -2.73. The van der Waals surface area contributed by atoms with Crippen LogP contribution in [-0.2, 0) is 0 Å². The van der Waals surface area contributed by atoms with Gasteiger partial charge in [0, 0.05) is 33.5 Å². The molecule has 0 saturated heterocycles. The number of benzene rings is 10. The Bertz CT molecular complexity index is 3380. The third kappa shape index (κ3) is 6.00. The van der Waals surface area contributed by atoms with Crippen LogP contribution in [0.2, 0.25) is 0 Å². The van der Waals surface area contributed by atoms with Gasteiger partial charge in [-0.3, -0.25) is 0 Å². The lowest BCUT2D eigenvalue weighted by atomic mass is 10.0. The van der Waals surface area contributed by atoms with Crippen LogP contribution < -0.4 is 25.6 Å². The van der Waals surface area contributed by atoms with Crippen LogP contribution in [0.1, 0.15) is 0 Å². The first-order valence-electron chi connectivity index (χ1n) is 21.8. The standard InChI is InChI=1S/C60H42N2Si/c1-5-17-43(18-6-1)45-29-33-47(34-30-45)61(49-38-40-58-56(41-49)53-25-13-15-27-57(53)62(58)48-35-31-46(32-36-48)44-19-7-2-8-20-44)50-37-39-55-54-26-14-16-28-59(54)63(60(55)42-50,51-21-9-3-10-22-51)52-23-11-4-12-24-52/h1-42H. The van der Waals surface area contributed by atoms with Gasteiger partial charge in [0.1, 0.15) is 0 Å². The van der Waals surface area contributed by atoms with E-state index < -0.39 is 8.07 Å². The molecule has 2 nitrogen and oxygen atoms in total. The van der Waals surface area contributed by atoms with Gasteiger partial charge in [-0.15, -0.1) is 0 Å². The molecule has 0 saturated carbocycles. The Morgan fingerprint density at radius 1 is 0.302 bits per heavy atom. The average molecular weight is 819 g/mol. The van der Waals surface area contributed by atoms with E-state index in [1.165, 1.54) is 75.9 Å². The molecule has 2 heterocycles. The summed E-state index contributed by atoms with van der Waals surface area (Å²) >= 11 is 0. The largest absolute Gasteiger partial charge is 0.310 e. The number of hydrogen-bond donors (Lipinski definition) is 0. The molecule has 0 N–H and O–H groups in total. The number of anilines is 3. The topological polar surface area (TPSA) is 8.17 Å². The maximum atomic E-state index is 2.52. The van der Waals surface area contributed by atoms with E-state index in [9.17, 15) is 0 Å². The third-order valence-electron chi connectivity index (χ3n) is 13.1. The van der Waals surface area contributed by atoms with Crippen LogP contribution in [0.3, 0.4) is 0 Å². The van der Waals surface area contributed by atoms with E-state index in [0.29, 0.717) is 0 Å². The average Bonchev–Trinajstić information content (AvgIpc) is 3.86. The van der Waals surface area contributed by atoms with Gasteiger partial charge in [0.2, 0.25) is 0 Å². The van der Waals surface area contributed by atoms with Crippen LogP contribution in [0.5, 0.6) is 0 Å². The molecular formula is C60H42N2Si. The summed E-state index contributed by atoms with van der Waals surface area (Å²) in [6, 6.07) is 94.1. The molecule has 0 radical (unpaired) electrons. The molecule has 0 aliphatic carbocycles. The van der Waals surface area contributed by atoms with Gasteiger partial charge in [-0.2, -0.15) is 0 Å². The van der Waals surface area contributed by atoms with Crippen LogP contribution in [0.15, 0.2) is 255 Å². The van der Waals surface area contributed by atoms with Crippen molar-refractivity contribution < 1.29 is 0 Å². The molecule has 11 aromatic rings. The number of fused-ring (bicyclic) bond motifs is 6. The van der Waals surface area contributed by atoms with Crippen molar-refractivity contribution in [1.82, 2.24) is 4.57 Å². The first-order valence-corrected chi connectivity index (χ1v) is 23.8. The van der Waals surface area contributed by atoms with Gasteiger partial charge < -0.3 is 9.47 Å². The second kappa shape index (κ2) is 15.2. The van der Waals surface area contributed by atoms with Gasteiger partial charge in [0.25, 0.3) is 0 Å². The van der Waals surface area contributed by atoms with E-state index in [2.05, 4.69) is 264 Å². The number of para-hydroxylation sites is 1. The SMILES string of the molecule is c1ccc(-c2ccc(N(c3ccc4c(c3)[Si](c3ccccc3)(c3ccccc3)c3ccccc3-4)c3ccc4c(c3)c3ccccc3n4-c3ccc(-c4ccccc4)cc3)cc2)cc1. The third-order valence-corrected chi connectivity index (χ3v) is 17.9. The van der Waals surface area contributed by atoms with Gasteiger partial charge in [0.15, 0.2) is 8.07 Å². The molecule has 1 aromatic heterocycles.